The summed E-state index contributed by atoms with van der Waals surface area (Å²) in [5.41, 5.74) is 7.30. The van der Waals surface area contributed by atoms with Crippen LogP contribution in [0.1, 0.15) is 53.4 Å². The summed E-state index contributed by atoms with van der Waals surface area (Å²) in [4.78, 5) is 0. The highest BCUT2D eigenvalue weighted by molar-refractivity contribution is 5.07. The first-order valence-electron chi connectivity index (χ1n) is 6.36. The molecule has 0 aliphatic carbocycles. The molecule has 0 unspecified atom stereocenters. The molecule has 0 spiro atoms. The molecule has 0 rings (SSSR count). The molecule has 0 aromatic carbocycles. The van der Waals surface area contributed by atoms with Crippen molar-refractivity contribution in [3.8, 4) is 0 Å². The summed E-state index contributed by atoms with van der Waals surface area (Å²) in [5, 5.41) is 8.69. The molecule has 0 radical (unpaired) electrons. The maximum atomic E-state index is 8.69. The van der Waals surface area contributed by atoms with E-state index in [0.29, 0.717) is 0 Å². The Bertz CT molecular complexity index is 321. The van der Waals surface area contributed by atoms with E-state index in [0.717, 1.165) is 25.7 Å². The van der Waals surface area contributed by atoms with E-state index in [1.807, 2.05) is 0 Å². The van der Waals surface area contributed by atoms with Crippen LogP contribution in [0.5, 0.6) is 0 Å². The third-order valence-electron chi connectivity index (χ3n) is 2.47. The molecule has 0 bridgehead atoms. The van der Waals surface area contributed by atoms with Crippen LogP contribution in [0, 0.1) is 0 Å². The minimum atomic E-state index is 0.235. The lowest BCUT2D eigenvalue weighted by Gasteiger charge is -1.95. The molecule has 0 heterocycles. The Morgan fingerprint density at radius 2 is 1.76 bits per heavy atom. The molecule has 1 N–H and O–H groups in total. The van der Waals surface area contributed by atoms with Gasteiger partial charge in [-0.3, -0.25) is 0 Å². The lowest BCUT2D eigenvalue weighted by Crippen LogP contribution is -1.79. The van der Waals surface area contributed by atoms with Gasteiger partial charge in [-0.1, -0.05) is 23.3 Å². The molecule has 0 atom stereocenters. The number of aliphatic hydroxyl groups is 1. The van der Waals surface area contributed by atoms with Crippen LogP contribution in [-0.2, 0) is 0 Å². The van der Waals surface area contributed by atoms with Crippen LogP contribution in [0.2, 0.25) is 0 Å². The van der Waals surface area contributed by atoms with Crippen LogP contribution in [0.25, 0.3) is 0 Å². The van der Waals surface area contributed by atoms with Crippen molar-refractivity contribution < 1.29 is 5.11 Å². The Balaban J connectivity index is 4.06. The normalized spacial score (nSPS) is 10.8. The lowest BCUT2D eigenvalue weighted by molar-refractivity contribution is 0.302. The largest absolute Gasteiger partial charge is 0.396 e. The van der Waals surface area contributed by atoms with Gasteiger partial charge in [0.2, 0.25) is 0 Å². The maximum absolute atomic E-state index is 8.69. The van der Waals surface area contributed by atoms with Gasteiger partial charge in [0.05, 0.1) is 0 Å². The van der Waals surface area contributed by atoms with E-state index in [1.165, 1.54) is 16.7 Å². The van der Waals surface area contributed by atoms with Crippen LogP contribution >= 0.6 is 0 Å². The van der Waals surface area contributed by atoms with E-state index in [2.05, 4.69) is 51.7 Å². The highest BCUT2D eigenvalue weighted by Crippen LogP contribution is 2.06. The minimum Gasteiger partial charge on any atom is -0.396 e. The van der Waals surface area contributed by atoms with Gasteiger partial charge < -0.3 is 5.11 Å². The maximum Gasteiger partial charge on any atom is 0.0465 e. The van der Waals surface area contributed by atoms with Gasteiger partial charge in [0.1, 0.15) is 0 Å². The van der Waals surface area contributed by atoms with Crippen molar-refractivity contribution in [3.63, 3.8) is 0 Å². The Morgan fingerprint density at radius 1 is 1.06 bits per heavy atom. The summed E-state index contributed by atoms with van der Waals surface area (Å²) in [7, 11) is 0. The summed E-state index contributed by atoms with van der Waals surface area (Å²) in [5.74, 6) is 0. The molecule has 0 saturated heterocycles. The molecular weight excluding hydrogens is 208 g/mol. The second-order valence-corrected chi connectivity index (χ2v) is 4.72. The van der Waals surface area contributed by atoms with E-state index < -0.39 is 0 Å². The van der Waals surface area contributed by atoms with E-state index >= 15 is 0 Å². The van der Waals surface area contributed by atoms with Crippen molar-refractivity contribution in [1.82, 2.24) is 0 Å². The molecule has 0 aromatic heterocycles. The first-order valence-corrected chi connectivity index (χ1v) is 6.36. The molecule has 1 nitrogen and oxygen atoms in total. The van der Waals surface area contributed by atoms with E-state index in [4.69, 9.17) is 5.11 Å². The fourth-order valence-electron chi connectivity index (χ4n) is 1.43. The minimum absolute atomic E-state index is 0.235. The number of allylic oxidation sites excluding steroid dienone is 4. The highest BCUT2D eigenvalue weighted by atomic mass is 16.2. The molecule has 1 heteroatoms. The summed E-state index contributed by atoms with van der Waals surface area (Å²) >= 11 is 0. The van der Waals surface area contributed by atoms with Gasteiger partial charge in [-0.05, 0) is 65.0 Å². The van der Waals surface area contributed by atoms with Crippen molar-refractivity contribution in [3.05, 3.63) is 40.7 Å². The molecule has 0 aromatic rings. The molecule has 0 aliphatic rings. The molecule has 96 valence electrons. The predicted octanol–water partition coefficient (Wildman–Crippen LogP) is 4.55. The first kappa shape index (κ1) is 16.0. The molecule has 0 aliphatic heterocycles. The zero-order valence-corrected chi connectivity index (χ0v) is 11.7. The van der Waals surface area contributed by atoms with Crippen LogP contribution in [0.4, 0.5) is 0 Å². The average Bonchev–Trinajstić information content (AvgIpc) is 2.25. The number of aliphatic hydroxyl groups excluding tert-OH is 1. The van der Waals surface area contributed by atoms with Crippen molar-refractivity contribution in [1.29, 1.82) is 0 Å². The zero-order valence-electron chi connectivity index (χ0n) is 11.7. The molecule has 0 amide bonds. The van der Waals surface area contributed by atoms with E-state index in [1.54, 1.807) is 0 Å². The van der Waals surface area contributed by atoms with Gasteiger partial charge in [-0.2, -0.15) is 0 Å². The highest BCUT2D eigenvalue weighted by Gasteiger charge is 1.87. The van der Waals surface area contributed by atoms with Crippen LogP contribution in [0.3, 0.4) is 0 Å². The van der Waals surface area contributed by atoms with Gasteiger partial charge in [-0.25, -0.2) is 0 Å². The molecule has 17 heavy (non-hydrogen) atoms. The topological polar surface area (TPSA) is 20.2 Å². The smallest absolute Gasteiger partial charge is 0.0465 e. The van der Waals surface area contributed by atoms with Crippen molar-refractivity contribution in [2.45, 2.75) is 53.4 Å². The lowest BCUT2D eigenvalue weighted by atomic mass is 10.1. The first-order chi connectivity index (χ1) is 8.06. The van der Waals surface area contributed by atoms with E-state index in [9.17, 15) is 0 Å². The molecular formula is C16H26O. The SMILES string of the molecule is CC(=C=CC/C(C)=C/CCO)CCC=C(C)C. The summed E-state index contributed by atoms with van der Waals surface area (Å²) in [6, 6.07) is 0. The number of hydrogen-bond acceptors (Lipinski definition) is 1. The van der Waals surface area contributed by atoms with Gasteiger partial charge in [0, 0.05) is 6.61 Å². The standard InChI is InChI=1S/C16H26O/c1-14(2)8-5-9-15(3)10-6-11-16(4)12-7-13-17/h6,8,12,17H,5,7,9,11,13H2,1-4H3/b16-12+. The fourth-order valence-corrected chi connectivity index (χ4v) is 1.43. The summed E-state index contributed by atoms with van der Waals surface area (Å²) in [6.07, 6.45) is 10.3. The van der Waals surface area contributed by atoms with Crippen LogP contribution in [0.15, 0.2) is 40.7 Å². The quantitative estimate of drug-likeness (QED) is 0.506. The molecule has 0 fully saturated rings. The van der Waals surface area contributed by atoms with Crippen LogP contribution in [-0.4, -0.2) is 11.7 Å². The number of hydrogen-bond donors (Lipinski definition) is 1. The van der Waals surface area contributed by atoms with Gasteiger partial charge >= 0.3 is 0 Å². The summed E-state index contributed by atoms with van der Waals surface area (Å²) < 4.78 is 0. The second kappa shape index (κ2) is 10.1. The van der Waals surface area contributed by atoms with Gasteiger partial charge in [0.15, 0.2) is 0 Å². The predicted molar refractivity (Wildman–Crippen MR) is 76.0 cm³/mol. The van der Waals surface area contributed by atoms with Crippen molar-refractivity contribution in [2.24, 2.45) is 0 Å². The Hall–Kier alpha value is -1.04. The third kappa shape index (κ3) is 11.2. The Morgan fingerprint density at radius 3 is 2.35 bits per heavy atom. The van der Waals surface area contributed by atoms with Crippen LogP contribution < -0.4 is 0 Å². The Labute approximate surface area is 106 Å². The third-order valence-corrected chi connectivity index (χ3v) is 2.47. The summed E-state index contributed by atoms with van der Waals surface area (Å²) in [6.45, 7) is 8.71. The van der Waals surface area contributed by atoms with Gasteiger partial charge in [-0.15, -0.1) is 5.73 Å². The van der Waals surface area contributed by atoms with Gasteiger partial charge in [0.25, 0.3) is 0 Å². The fraction of sp³-hybridized carbons (Fsp3) is 0.562. The second-order valence-electron chi connectivity index (χ2n) is 4.72. The van der Waals surface area contributed by atoms with Crippen molar-refractivity contribution >= 4 is 0 Å². The zero-order chi connectivity index (χ0) is 13.1. The molecule has 0 saturated carbocycles. The number of rotatable bonds is 7. The van der Waals surface area contributed by atoms with Crippen molar-refractivity contribution in [2.75, 3.05) is 6.61 Å². The Kier molecular flexibility index (Phi) is 9.52. The average molecular weight is 234 g/mol. The van der Waals surface area contributed by atoms with E-state index in [-0.39, 0.29) is 6.61 Å². The monoisotopic (exact) mass is 234 g/mol.